The molecule has 0 saturated heterocycles. The second-order valence-corrected chi connectivity index (χ2v) is 2.24. The lowest BCUT2D eigenvalue weighted by Gasteiger charge is -1.67. The molecular weight excluding hydrogens is 120 g/mol. The van der Waals surface area contributed by atoms with Crippen LogP contribution in [0.3, 0.4) is 0 Å². The van der Waals surface area contributed by atoms with Gasteiger partial charge < -0.3 is 0 Å². The van der Waals surface area contributed by atoms with Crippen molar-refractivity contribution in [2.24, 2.45) is 0 Å². The minimum atomic E-state index is 0.493. The number of terminal acetylenes is 1. The number of aromatic nitrogens is 2. The standard InChI is InChI=1S/C5H4N2S/c1-3-5-6-4(2)8-7-5/h1H,2H3. The normalized spacial score (nSPS) is 8.50. The SMILES string of the molecule is C#Cc1nsc(C)n1. The van der Waals surface area contributed by atoms with Crippen LogP contribution in [0, 0.1) is 19.3 Å². The third-order valence-electron chi connectivity index (χ3n) is 0.657. The van der Waals surface area contributed by atoms with Gasteiger partial charge in [0, 0.05) is 0 Å². The quantitative estimate of drug-likeness (QED) is 0.479. The van der Waals surface area contributed by atoms with Gasteiger partial charge in [-0.15, -0.1) is 6.42 Å². The molecule has 3 heteroatoms. The van der Waals surface area contributed by atoms with E-state index in [1.165, 1.54) is 11.5 Å². The lowest BCUT2D eigenvalue weighted by molar-refractivity contribution is 1.21. The fourth-order valence-electron chi connectivity index (χ4n) is 0.358. The van der Waals surface area contributed by atoms with Crippen LogP contribution in [0.5, 0.6) is 0 Å². The van der Waals surface area contributed by atoms with Crippen LogP contribution in [0.25, 0.3) is 0 Å². The first-order valence-electron chi connectivity index (χ1n) is 2.10. The molecule has 0 aliphatic rings. The molecule has 0 aromatic carbocycles. The molecule has 1 rings (SSSR count). The molecule has 0 saturated carbocycles. The van der Waals surface area contributed by atoms with Crippen LogP contribution in [0.4, 0.5) is 0 Å². The summed E-state index contributed by atoms with van der Waals surface area (Å²) >= 11 is 1.33. The summed E-state index contributed by atoms with van der Waals surface area (Å²) in [6.45, 7) is 1.87. The summed E-state index contributed by atoms with van der Waals surface area (Å²) in [5.41, 5.74) is 0. The van der Waals surface area contributed by atoms with E-state index in [0.717, 1.165) is 5.01 Å². The zero-order valence-electron chi connectivity index (χ0n) is 4.38. The van der Waals surface area contributed by atoms with Gasteiger partial charge in [-0.3, -0.25) is 0 Å². The molecule has 0 unspecified atom stereocenters. The van der Waals surface area contributed by atoms with Crippen LogP contribution in [0.1, 0.15) is 10.8 Å². The first-order valence-corrected chi connectivity index (χ1v) is 2.87. The molecule has 0 aliphatic carbocycles. The zero-order chi connectivity index (χ0) is 5.98. The summed E-state index contributed by atoms with van der Waals surface area (Å²) in [6.07, 6.45) is 4.99. The summed E-state index contributed by atoms with van der Waals surface area (Å²) < 4.78 is 3.83. The topological polar surface area (TPSA) is 25.8 Å². The molecule has 1 heterocycles. The summed E-state index contributed by atoms with van der Waals surface area (Å²) in [4.78, 5) is 3.90. The van der Waals surface area contributed by atoms with Crippen molar-refractivity contribution in [1.29, 1.82) is 0 Å². The Labute approximate surface area is 51.7 Å². The zero-order valence-corrected chi connectivity index (χ0v) is 5.20. The van der Waals surface area contributed by atoms with E-state index in [9.17, 15) is 0 Å². The van der Waals surface area contributed by atoms with Gasteiger partial charge in [-0.1, -0.05) is 0 Å². The van der Waals surface area contributed by atoms with Gasteiger partial charge in [0.2, 0.25) is 5.82 Å². The molecular formula is C5H4N2S. The van der Waals surface area contributed by atoms with Crippen LogP contribution >= 0.6 is 11.5 Å². The van der Waals surface area contributed by atoms with E-state index < -0.39 is 0 Å². The third kappa shape index (κ3) is 0.849. The van der Waals surface area contributed by atoms with Gasteiger partial charge in [0.25, 0.3) is 0 Å². The summed E-state index contributed by atoms with van der Waals surface area (Å²) in [5, 5.41) is 0.915. The molecule has 0 fully saturated rings. The van der Waals surface area contributed by atoms with E-state index in [2.05, 4.69) is 15.3 Å². The largest absolute Gasteiger partial charge is 0.216 e. The Morgan fingerprint density at radius 2 is 2.50 bits per heavy atom. The van der Waals surface area contributed by atoms with E-state index in [-0.39, 0.29) is 0 Å². The fourth-order valence-corrected chi connectivity index (χ4v) is 0.797. The monoisotopic (exact) mass is 124 g/mol. The molecule has 1 aromatic heterocycles. The number of nitrogens with zero attached hydrogens (tertiary/aromatic N) is 2. The minimum absolute atomic E-state index is 0.493. The Morgan fingerprint density at radius 3 is 2.75 bits per heavy atom. The van der Waals surface area contributed by atoms with E-state index in [0.29, 0.717) is 5.82 Å². The van der Waals surface area contributed by atoms with Gasteiger partial charge in [-0.2, -0.15) is 4.37 Å². The highest BCUT2D eigenvalue weighted by Gasteiger charge is 1.91. The Kier molecular flexibility index (Phi) is 1.27. The molecule has 0 N–H and O–H groups in total. The fraction of sp³-hybridized carbons (Fsp3) is 0.200. The molecule has 2 nitrogen and oxygen atoms in total. The Bertz CT molecular complexity index is 221. The van der Waals surface area contributed by atoms with Gasteiger partial charge in [0.1, 0.15) is 5.01 Å². The highest BCUT2D eigenvalue weighted by molar-refractivity contribution is 7.05. The number of hydrogen-bond donors (Lipinski definition) is 0. The first kappa shape index (κ1) is 5.26. The molecule has 0 spiro atoms. The second kappa shape index (κ2) is 1.93. The molecule has 0 radical (unpaired) electrons. The van der Waals surface area contributed by atoms with Crippen molar-refractivity contribution in [2.45, 2.75) is 6.92 Å². The Balaban J connectivity index is 3.05. The Morgan fingerprint density at radius 1 is 1.75 bits per heavy atom. The molecule has 0 atom stereocenters. The molecule has 40 valence electrons. The predicted molar refractivity (Wildman–Crippen MR) is 32.6 cm³/mol. The van der Waals surface area contributed by atoms with Gasteiger partial charge in [0.05, 0.1) is 0 Å². The van der Waals surface area contributed by atoms with Crippen molar-refractivity contribution in [3.63, 3.8) is 0 Å². The van der Waals surface area contributed by atoms with E-state index in [1.54, 1.807) is 0 Å². The Hall–Kier alpha value is -0.880. The molecule has 0 bridgehead atoms. The number of hydrogen-bond acceptors (Lipinski definition) is 3. The lowest BCUT2D eigenvalue weighted by atomic mass is 10.6. The van der Waals surface area contributed by atoms with Gasteiger partial charge >= 0.3 is 0 Å². The van der Waals surface area contributed by atoms with Gasteiger partial charge in [0.15, 0.2) is 0 Å². The average molecular weight is 124 g/mol. The van der Waals surface area contributed by atoms with Crippen LogP contribution in [0.15, 0.2) is 0 Å². The average Bonchev–Trinajstić information content (AvgIpc) is 2.14. The minimum Gasteiger partial charge on any atom is -0.213 e. The second-order valence-electron chi connectivity index (χ2n) is 1.28. The highest BCUT2D eigenvalue weighted by Crippen LogP contribution is 1.99. The molecule has 8 heavy (non-hydrogen) atoms. The van der Waals surface area contributed by atoms with E-state index in [1.807, 2.05) is 6.92 Å². The van der Waals surface area contributed by atoms with E-state index in [4.69, 9.17) is 6.42 Å². The first-order chi connectivity index (χ1) is 3.83. The van der Waals surface area contributed by atoms with Crippen molar-refractivity contribution >= 4 is 11.5 Å². The predicted octanol–water partition coefficient (Wildman–Crippen LogP) is 0.828. The van der Waals surface area contributed by atoms with Gasteiger partial charge in [-0.25, -0.2) is 4.98 Å². The maximum atomic E-state index is 4.99. The van der Waals surface area contributed by atoms with E-state index >= 15 is 0 Å². The number of rotatable bonds is 0. The highest BCUT2D eigenvalue weighted by atomic mass is 32.1. The molecule has 0 amide bonds. The van der Waals surface area contributed by atoms with Crippen molar-refractivity contribution in [3.8, 4) is 12.3 Å². The maximum Gasteiger partial charge on any atom is 0.216 e. The van der Waals surface area contributed by atoms with Gasteiger partial charge in [-0.05, 0) is 24.4 Å². The van der Waals surface area contributed by atoms with Crippen LogP contribution in [0.2, 0.25) is 0 Å². The summed E-state index contributed by atoms with van der Waals surface area (Å²) in [7, 11) is 0. The third-order valence-corrected chi connectivity index (χ3v) is 1.28. The summed E-state index contributed by atoms with van der Waals surface area (Å²) in [5.74, 6) is 2.83. The summed E-state index contributed by atoms with van der Waals surface area (Å²) in [6, 6.07) is 0. The van der Waals surface area contributed by atoms with Crippen LogP contribution in [-0.4, -0.2) is 9.36 Å². The maximum absolute atomic E-state index is 4.99. The van der Waals surface area contributed by atoms with Crippen LogP contribution < -0.4 is 0 Å². The van der Waals surface area contributed by atoms with Crippen molar-refractivity contribution in [2.75, 3.05) is 0 Å². The number of aryl methyl sites for hydroxylation is 1. The smallest absolute Gasteiger partial charge is 0.213 e. The molecule has 1 aromatic rings. The van der Waals surface area contributed by atoms with Crippen LogP contribution in [-0.2, 0) is 0 Å². The van der Waals surface area contributed by atoms with Crippen molar-refractivity contribution in [3.05, 3.63) is 10.8 Å². The van der Waals surface area contributed by atoms with Crippen molar-refractivity contribution < 1.29 is 0 Å². The molecule has 0 aliphatic heterocycles. The van der Waals surface area contributed by atoms with Crippen molar-refractivity contribution in [1.82, 2.24) is 9.36 Å². The lowest BCUT2D eigenvalue weighted by Crippen LogP contribution is -1.73.